The summed E-state index contributed by atoms with van der Waals surface area (Å²) in [6.45, 7) is 10.5. The van der Waals surface area contributed by atoms with E-state index in [9.17, 15) is 9.18 Å². The Hall–Kier alpha value is -1.33. The van der Waals surface area contributed by atoms with E-state index in [0.29, 0.717) is 24.0 Å². The molecular formula is C17H26ClFN2O2. The summed E-state index contributed by atoms with van der Waals surface area (Å²) in [6.07, 6.45) is -0.440. The minimum absolute atomic E-state index is 0.0450. The lowest BCUT2D eigenvalue weighted by Gasteiger charge is -2.25. The summed E-state index contributed by atoms with van der Waals surface area (Å²) in [6, 6.07) is 4.38. The fourth-order valence-electron chi connectivity index (χ4n) is 1.96. The van der Waals surface area contributed by atoms with Gasteiger partial charge in [0, 0.05) is 24.2 Å². The van der Waals surface area contributed by atoms with E-state index in [0.717, 1.165) is 5.56 Å². The number of carbonyl (C=O) groups is 1. The number of ether oxygens (including phenoxy) is 1. The molecule has 130 valence electrons. The lowest BCUT2D eigenvalue weighted by molar-refractivity contribution is 0.0519. The minimum Gasteiger partial charge on any atom is -0.444 e. The molecule has 0 bridgehead atoms. The first-order valence-electron chi connectivity index (χ1n) is 7.72. The molecule has 1 aromatic rings. The molecular weight excluding hydrogens is 319 g/mol. The molecule has 0 aliphatic heterocycles. The number of halogens is 2. The molecule has 1 atom stereocenters. The highest BCUT2D eigenvalue weighted by atomic mass is 35.5. The van der Waals surface area contributed by atoms with Gasteiger partial charge in [0.05, 0.1) is 0 Å². The lowest BCUT2D eigenvalue weighted by atomic mass is 10.0. The van der Waals surface area contributed by atoms with E-state index in [4.69, 9.17) is 16.3 Å². The third-order valence-corrected chi connectivity index (χ3v) is 3.59. The molecule has 0 saturated carbocycles. The third kappa shape index (κ3) is 7.66. The molecule has 2 N–H and O–H groups in total. The average molecular weight is 345 g/mol. The van der Waals surface area contributed by atoms with Crippen LogP contribution in [-0.4, -0.2) is 24.3 Å². The van der Waals surface area contributed by atoms with Crippen molar-refractivity contribution in [3.05, 3.63) is 34.6 Å². The first-order chi connectivity index (χ1) is 10.6. The van der Waals surface area contributed by atoms with E-state index in [1.165, 1.54) is 12.1 Å². The maximum Gasteiger partial charge on any atom is 0.407 e. The van der Waals surface area contributed by atoms with Crippen molar-refractivity contribution in [2.45, 2.75) is 52.8 Å². The molecule has 0 heterocycles. The molecule has 4 nitrogen and oxygen atoms in total. The fraction of sp³-hybridized carbons (Fsp3) is 0.588. The van der Waals surface area contributed by atoms with Crippen LogP contribution in [0.25, 0.3) is 0 Å². The number of alkyl carbamates (subject to hydrolysis) is 1. The van der Waals surface area contributed by atoms with Crippen LogP contribution in [0.4, 0.5) is 9.18 Å². The van der Waals surface area contributed by atoms with Gasteiger partial charge >= 0.3 is 6.09 Å². The van der Waals surface area contributed by atoms with Gasteiger partial charge in [-0.2, -0.15) is 0 Å². The van der Waals surface area contributed by atoms with Crippen LogP contribution in [0.5, 0.6) is 0 Å². The molecule has 0 radical (unpaired) electrons. The van der Waals surface area contributed by atoms with Crippen molar-refractivity contribution >= 4 is 17.7 Å². The van der Waals surface area contributed by atoms with Crippen LogP contribution in [0.3, 0.4) is 0 Å². The minimum atomic E-state index is -0.521. The predicted molar refractivity (Wildman–Crippen MR) is 91.1 cm³/mol. The van der Waals surface area contributed by atoms with Crippen LogP contribution in [0, 0.1) is 11.7 Å². The largest absolute Gasteiger partial charge is 0.444 e. The number of nitrogens with one attached hydrogen (secondary N) is 2. The Kier molecular flexibility index (Phi) is 7.29. The summed E-state index contributed by atoms with van der Waals surface area (Å²) in [7, 11) is 0. The first-order valence-corrected chi connectivity index (χ1v) is 8.10. The van der Waals surface area contributed by atoms with Crippen molar-refractivity contribution in [2.75, 3.05) is 6.54 Å². The molecule has 23 heavy (non-hydrogen) atoms. The summed E-state index contributed by atoms with van der Waals surface area (Å²) in [4.78, 5) is 11.7. The van der Waals surface area contributed by atoms with Crippen molar-refractivity contribution in [3.63, 3.8) is 0 Å². The molecule has 0 aliphatic rings. The number of rotatable bonds is 6. The summed E-state index contributed by atoms with van der Waals surface area (Å²) < 4.78 is 18.3. The molecule has 6 heteroatoms. The van der Waals surface area contributed by atoms with E-state index in [-0.39, 0.29) is 11.9 Å². The normalized spacial score (nSPS) is 13.0. The molecule has 0 spiro atoms. The lowest BCUT2D eigenvalue weighted by Crippen LogP contribution is -2.45. The van der Waals surface area contributed by atoms with Gasteiger partial charge in [0.1, 0.15) is 11.4 Å². The van der Waals surface area contributed by atoms with Crippen molar-refractivity contribution < 1.29 is 13.9 Å². The second-order valence-electron chi connectivity index (χ2n) is 6.85. The standard InChI is InChI=1S/C17H26ClFN2O2/c1-11(2)15(10-21-16(22)23-17(3,4)5)20-9-12-6-7-13(19)8-14(12)18/h6-8,11,15,20H,9-10H2,1-5H3,(H,21,22). The number of carbonyl (C=O) groups excluding carboxylic acids is 1. The second-order valence-corrected chi connectivity index (χ2v) is 7.26. The zero-order chi connectivity index (χ0) is 17.6. The van der Waals surface area contributed by atoms with E-state index < -0.39 is 11.7 Å². The number of hydrogen-bond acceptors (Lipinski definition) is 3. The van der Waals surface area contributed by atoms with E-state index >= 15 is 0 Å². The van der Waals surface area contributed by atoms with Crippen LogP contribution < -0.4 is 10.6 Å². The predicted octanol–water partition coefficient (Wildman–Crippen LogP) is 4.12. The summed E-state index contributed by atoms with van der Waals surface area (Å²) in [5, 5.41) is 6.49. The van der Waals surface area contributed by atoms with Gasteiger partial charge in [0.2, 0.25) is 0 Å². The average Bonchev–Trinajstić information content (AvgIpc) is 2.38. The zero-order valence-corrected chi connectivity index (χ0v) is 15.1. The van der Waals surface area contributed by atoms with Crippen molar-refractivity contribution in [3.8, 4) is 0 Å². The quantitative estimate of drug-likeness (QED) is 0.816. The molecule has 0 saturated heterocycles. The molecule has 1 rings (SSSR count). The number of amides is 1. The van der Waals surface area contributed by atoms with Gasteiger partial charge in [0.25, 0.3) is 0 Å². The van der Waals surface area contributed by atoms with Gasteiger partial charge in [-0.25, -0.2) is 9.18 Å². The summed E-state index contributed by atoms with van der Waals surface area (Å²) >= 11 is 6.02. The Balaban J connectivity index is 2.54. The highest BCUT2D eigenvalue weighted by Crippen LogP contribution is 2.17. The van der Waals surface area contributed by atoms with Crippen LogP contribution in [0.2, 0.25) is 5.02 Å². The second kappa shape index (κ2) is 8.50. The van der Waals surface area contributed by atoms with Crippen LogP contribution in [-0.2, 0) is 11.3 Å². The summed E-state index contributed by atoms with van der Waals surface area (Å²) in [5.41, 5.74) is 0.294. The molecule has 0 aliphatic carbocycles. The van der Waals surface area contributed by atoms with E-state index in [2.05, 4.69) is 24.5 Å². The van der Waals surface area contributed by atoms with E-state index in [1.54, 1.807) is 6.07 Å². The van der Waals surface area contributed by atoms with Gasteiger partial charge in [-0.05, 0) is 44.4 Å². The number of benzene rings is 1. The summed E-state index contributed by atoms with van der Waals surface area (Å²) in [5.74, 6) is -0.0603. The van der Waals surface area contributed by atoms with Gasteiger partial charge in [0.15, 0.2) is 0 Å². The van der Waals surface area contributed by atoms with Crippen molar-refractivity contribution in [1.29, 1.82) is 0 Å². The smallest absolute Gasteiger partial charge is 0.407 e. The molecule has 0 aromatic heterocycles. The molecule has 1 amide bonds. The highest BCUT2D eigenvalue weighted by Gasteiger charge is 2.19. The Labute approximate surface area is 142 Å². The van der Waals surface area contributed by atoms with E-state index in [1.807, 2.05) is 20.8 Å². The first kappa shape index (κ1) is 19.7. The highest BCUT2D eigenvalue weighted by molar-refractivity contribution is 6.31. The van der Waals surface area contributed by atoms with Gasteiger partial charge < -0.3 is 15.4 Å². The maximum absolute atomic E-state index is 13.1. The maximum atomic E-state index is 13.1. The number of hydrogen-bond donors (Lipinski definition) is 2. The van der Waals surface area contributed by atoms with Crippen molar-refractivity contribution in [1.82, 2.24) is 10.6 Å². The van der Waals surface area contributed by atoms with Crippen LogP contribution in [0.15, 0.2) is 18.2 Å². The fourth-order valence-corrected chi connectivity index (χ4v) is 2.19. The Bertz CT molecular complexity index is 530. The third-order valence-electron chi connectivity index (χ3n) is 3.24. The monoisotopic (exact) mass is 344 g/mol. The van der Waals surface area contributed by atoms with Gasteiger partial charge in [-0.3, -0.25) is 0 Å². The Morgan fingerprint density at radius 1 is 1.35 bits per heavy atom. The van der Waals surface area contributed by atoms with Crippen LogP contribution >= 0.6 is 11.6 Å². The van der Waals surface area contributed by atoms with Crippen LogP contribution in [0.1, 0.15) is 40.2 Å². The van der Waals surface area contributed by atoms with Crippen molar-refractivity contribution in [2.24, 2.45) is 5.92 Å². The molecule has 1 unspecified atom stereocenters. The zero-order valence-electron chi connectivity index (χ0n) is 14.4. The Morgan fingerprint density at radius 2 is 2.00 bits per heavy atom. The molecule has 1 aromatic carbocycles. The SMILES string of the molecule is CC(C)C(CNC(=O)OC(C)(C)C)NCc1ccc(F)cc1Cl. The molecule has 0 fully saturated rings. The topological polar surface area (TPSA) is 50.4 Å². The van der Waals surface area contributed by atoms with Gasteiger partial charge in [-0.1, -0.05) is 31.5 Å². The van der Waals surface area contributed by atoms with Gasteiger partial charge in [-0.15, -0.1) is 0 Å². The Morgan fingerprint density at radius 3 is 2.52 bits per heavy atom.